The molecule has 0 unspecified atom stereocenters. The zero-order valence-electron chi connectivity index (χ0n) is 12.2. The highest BCUT2D eigenvalue weighted by Crippen LogP contribution is 2.34. The minimum absolute atomic E-state index is 0.0780. The van der Waals surface area contributed by atoms with Crippen molar-refractivity contribution < 1.29 is 14.3 Å². The van der Waals surface area contributed by atoms with Gasteiger partial charge in [0.1, 0.15) is 5.82 Å². The average Bonchev–Trinajstić information content (AvgIpc) is 2.79. The fourth-order valence-electron chi connectivity index (χ4n) is 2.55. The molecule has 1 aliphatic heterocycles. The van der Waals surface area contributed by atoms with Crippen molar-refractivity contribution in [1.29, 1.82) is 0 Å². The first-order valence-corrected chi connectivity index (χ1v) is 7.40. The van der Waals surface area contributed by atoms with Crippen molar-refractivity contribution in [1.82, 2.24) is 4.98 Å². The number of nitrogens with one attached hydrogen (secondary N) is 1. The summed E-state index contributed by atoms with van der Waals surface area (Å²) in [4.78, 5) is 28.0. The summed E-state index contributed by atoms with van der Waals surface area (Å²) in [6.07, 6.45) is 2.82. The Balaban J connectivity index is 2.02. The van der Waals surface area contributed by atoms with Gasteiger partial charge in [0.2, 0.25) is 0 Å². The second-order valence-electron chi connectivity index (χ2n) is 5.70. The number of ketones is 1. The maximum absolute atomic E-state index is 12.5. The van der Waals surface area contributed by atoms with E-state index in [1.807, 2.05) is 13.8 Å². The van der Waals surface area contributed by atoms with E-state index < -0.39 is 5.60 Å². The summed E-state index contributed by atoms with van der Waals surface area (Å²) in [6, 6.07) is 3.40. The highest BCUT2D eigenvalue weighted by Gasteiger charge is 2.46. The van der Waals surface area contributed by atoms with Gasteiger partial charge in [0.15, 0.2) is 11.4 Å². The van der Waals surface area contributed by atoms with E-state index >= 15 is 0 Å². The van der Waals surface area contributed by atoms with Crippen LogP contribution in [0.2, 0.25) is 5.02 Å². The Morgan fingerprint density at radius 1 is 1.52 bits per heavy atom. The molecule has 0 aromatic carbocycles. The SMILES string of the molecule is CC(C)C[C@@]1(C(=O)CNc2ccc(Cl)cn2)CCC(=O)O1. The van der Waals surface area contributed by atoms with Gasteiger partial charge in [-0.1, -0.05) is 25.4 Å². The number of carbonyl (C=O) groups excluding carboxylic acids is 2. The van der Waals surface area contributed by atoms with Gasteiger partial charge in [-0.05, 0) is 24.5 Å². The molecule has 5 nitrogen and oxygen atoms in total. The second kappa shape index (κ2) is 6.43. The molecule has 2 heterocycles. The normalized spacial score (nSPS) is 21.4. The van der Waals surface area contributed by atoms with Crippen LogP contribution in [0.4, 0.5) is 5.82 Å². The molecule has 1 aromatic heterocycles. The van der Waals surface area contributed by atoms with Gasteiger partial charge >= 0.3 is 5.97 Å². The Labute approximate surface area is 129 Å². The largest absolute Gasteiger partial charge is 0.451 e. The number of hydrogen-bond acceptors (Lipinski definition) is 5. The minimum Gasteiger partial charge on any atom is -0.451 e. The number of halogens is 1. The summed E-state index contributed by atoms with van der Waals surface area (Å²) >= 11 is 5.76. The maximum atomic E-state index is 12.5. The Hall–Kier alpha value is -1.62. The number of carbonyl (C=O) groups is 2. The summed E-state index contributed by atoms with van der Waals surface area (Å²) in [7, 11) is 0. The summed E-state index contributed by atoms with van der Waals surface area (Å²) in [5.74, 6) is 0.428. The van der Waals surface area contributed by atoms with Crippen molar-refractivity contribution in [3.8, 4) is 0 Å². The third-order valence-corrected chi connectivity index (χ3v) is 3.67. The molecule has 1 fully saturated rings. The third kappa shape index (κ3) is 3.94. The predicted octanol–water partition coefficient (Wildman–Crippen LogP) is 2.84. The summed E-state index contributed by atoms with van der Waals surface area (Å²) in [6.45, 7) is 4.10. The molecule has 21 heavy (non-hydrogen) atoms. The quantitative estimate of drug-likeness (QED) is 0.818. The minimum atomic E-state index is -0.981. The molecule has 0 saturated carbocycles. The number of nitrogens with zero attached hydrogens (tertiary/aromatic N) is 1. The predicted molar refractivity (Wildman–Crippen MR) is 80.3 cm³/mol. The van der Waals surface area contributed by atoms with Crippen LogP contribution in [0.1, 0.15) is 33.1 Å². The number of rotatable bonds is 6. The van der Waals surface area contributed by atoms with E-state index in [0.29, 0.717) is 30.1 Å². The number of anilines is 1. The molecule has 2 rings (SSSR count). The molecule has 1 saturated heterocycles. The van der Waals surface area contributed by atoms with Gasteiger partial charge < -0.3 is 10.1 Å². The Kier molecular flexibility index (Phi) is 4.83. The molecule has 0 amide bonds. The Morgan fingerprint density at radius 2 is 2.29 bits per heavy atom. The maximum Gasteiger partial charge on any atom is 0.306 e. The van der Waals surface area contributed by atoms with Crippen molar-refractivity contribution in [2.24, 2.45) is 5.92 Å². The second-order valence-corrected chi connectivity index (χ2v) is 6.14. The molecule has 0 radical (unpaired) electrons. The van der Waals surface area contributed by atoms with Crippen molar-refractivity contribution in [2.45, 2.75) is 38.7 Å². The number of esters is 1. The van der Waals surface area contributed by atoms with Crippen molar-refractivity contribution in [3.63, 3.8) is 0 Å². The first-order chi connectivity index (χ1) is 9.91. The third-order valence-electron chi connectivity index (χ3n) is 3.45. The first kappa shape index (κ1) is 15.8. The highest BCUT2D eigenvalue weighted by molar-refractivity contribution is 6.30. The van der Waals surface area contributed by atoms with Crippen molar-refractivity contribution in [3.05, 3.63) is 23.4 Å². The van der Waals surface area contributed by atoms with Crippen LogP contribution in [0.5, 0.6) is 0 Å². The zero-order valence-corrected chi connectivity index (χ0v) is 12.9. The van der Waals surface area contributed by atoms with Crippen LogP contribution in [0.3, 0.4) is 0 Å². The summed E-state index contributed by atoms with van der Waals surface area (Å²) < 4.78 is 5.36. The topological polar surface area (TPSA) is 68.3 Å². The first-order valence-electron chi connectivity index (χ1n) is 7.02. The number of pyridine rings is 1. The van der Waals surface area contributed by atoms with E-state index in [0.717, 1.165) is 0 Å². The fraction of sp³-hybridized carbons (Fsp3) is 0.533. The lowest BCUT2D eigenvalue weighted by Gasteiger charge is -2.28. The van der Waals surface area contributed by atoms with E-state index in [1.165, 1.54) is 6.20 Å². The molecular formula is C15H19ClN2O3. The summed E-state index contributed by atoms with van der Waals surface area (Å²) in [5.41, 5.74) is -0.981. The number of cyclic esters (lactones) is 1. The van der Waals surface area contributed by atoms with Crippen LogP contribution in [-0.2, 0) is 14.3 Å². The van der Waals surface area contributed by atoms with Gasteiger partial charge in [0, 0.05) is 19.0 Å². The zero-order chi connectivity index (χ0) is 15.5. The molecule has 1 aromatic rings. The van der Waals surface area contributed by atoms with Crippen LogP contribution in [0.25, 0.3) is 0 Å². The van der Waals surface area contributed by atoms with E-state index in [4.69, 9.17) is 16.3 Å². The molecule has 114 valence electrons. The van der Waals surface area contributed by atoms with Gasteiger partial charge in [-0.25, -0.2) is 4.98 Å². The molecule has 1 aliphatic rings. The van der Waals surface area contributed by atoms with Crippen LogP contribution in [-0.4, -0.2) is 28.9 Å². The van der Waals surface area contributed by atoms with Gasteiger partial charge in [-0.2, -0.15) is 0 Å². The van der Waals surface area contributed by atoms with Crippen molar-refractivity contribution >= 4 is 29.2 Å². The van der Waals surface area contributed by atoms with Crippen molar-refractivity contribution in [2.75, 3.05) is 11.9 Å². The van der Waals surface area contributed by atoms with Crippen LogP contribution >= 0.6 is 11.6 Å². The molecule has 0 aliphatic carbocycles. The number of aromatic nitrogens is 1. The van der Waals surface area contributed by atoms with Gasteiger partial charge in [0.05, 0.1) is 11.6 Å². The monoisotopic (exact) mass is 310 g/mol. The molecular weight excluding hydrogens is 292 g/mol. The smallest absolute Gasteiger partial charge is 0.306 e. The van der Waals surface area contributed by atoms with Gasteiger partial charge in [-0.3, -0.25) is 9.59 Å². The number of ether oxygens (including phenoxy) is 1. The Morgan fingerprint density at radius 3 is 2.81 bits per heavy atom. The Bertz CT molecular complexity index is 530. The standard InChI is InChI=1S/C15H19ClN2O3/c1-10(2)7-15(6-5-14(20)21-15)12(19)9-18-13-4-3-11(16)8-17-13/h3-4,8,10H,5-7,9H2,1-2H3,(H,17,18)/t15-/m1/s1. The van der Waals surface area contributed by atoms with E-state index in [2.05, 4.69) is 10.3 Å². The lowest BCUT2D eigenvalue weighted by atomic mass is 9.86. The molecule has 0 spiro atoms. The van der Waals surface area contributed by atoms with E-state index in [-0.39, 0.29) is 24.2 Å². The molecule has 1 atom stereocenters. The van der Waals surface area contributed by atoms with Gasteiger partial charge in [-0.15, -0.1) is 0 Å². The van der Waals surface area contributed by atoms with E-state index in [1.54, 1.807) is 12.1 Å². The molecule has 0 bridgehead atoms. The fourth-order valence-corrected chi connectivity index (χ4v) is 2.66. The summed E-state index contributed by atoms with van der Waals surface area (Å²) in [5, 5.41) is 3.49. The van der Waals surface area contributed by atoms with Gasteiger partial charge in [0.25, 0.3) is 0 Å². The molecule has 1 N–H and O–H groups in total. The van der Waals surface area contributed by atoms with Crippen LogP contribution < -0.4 is 5.32 Å². The average molecular weight is 311 g/mol. The van der Waals surface area contributed by atoms with Crippen LogP contribution in [0.15, 0.2) is 18.3 Å². The van der Waals surface area contributed by atoms with Crippen LogP contribution in [0, 0.1) is 5.92 Å². The highest BCUT2D eigenvalue weighted by atomic mass is 35.5. The lowest BCUT2D eigenvalue weighted by molar-refractivity contribution is -0.158. The number of hydrogen-bond donors (Lipinski definition) is 1. The molecule has 6 heteroatoms. The van der Waals surface area contributed by atoms with E-state index in [9.17, 15) is 9.59 Å². The lowest BCUT2D eigenvalue weighted by Crippen LogP contribution is -2.43. The number of Topliss-reactive ketones (excluding diaryl/α,β-unsaturated/α-hetero) is 1.